The number of fused-ring (bicyclic) bond motifs is 1. The molecule has 1 amide bonds. The van der Waals surface area contributed by atoms with Crippen molar-refractivity contribution in [3.8, 4) is 6.01 Å². The van der Waals surface area contributed by atoms with Crippen molar-refractivity contribution >= 4 is 17.5 Å². The highest BCUT2D eigenvalue weighted by molar-refractivity contribution is 5.87. The first-order chi connectivity index (χ1) is 20.1. The van der Waals surface area contributed by atoms with E-state index in [9.17, 15) is 9.18 Å². The van der Waals surface area contributed by atoms with E-state index in [0.717, 1.165) is 35.6 Å². The second-order valence-corrected chi connectivity index (χ2v) is 13.0. The molecule has 0 spiro atoms. The van der Waals surface area contributed by atoms with E-state index in [4.69, 9.17) is 25.4 Å². The molecule has 10 heteroatoms. The number of nitrogen functional groups attached to an aromatic ring is 1. The fourth-order valence-electron chi connectivity index (χ4n) is 7.31. The molecule has 4 aliphatic rings. The number of halogens is 1. The summed E-state index contributed by atoms with van der Waals surface area (Å²) in [4.78, 5) is 33.4. The second kappa shape index (κ2) is 11.4. The fourth-order valence-corrected chi connectivity index (χ4v) is 7.31. The van der Waals surface area contributed by atoms with E-state index >= 15 is 0 Å². The number of carbonyl (C=O) groups excluding carboxylic acids is 1. The highest BCUT2D eigenvalue weighted by Gasteiger charge is 2.39. The number of hydrogen-bond acceptors (Lipinski definition) is 8. The molecule has 5 atom stereocenters. The Kier molecular flexibility index (Phi) is 7.85. The number of aromatic nitrogens is 3. The van der Waals surface area contributed by atoms with Gasteiger partial charge in [-0.3, -0.25) is 9.69 Å². The molecule has 2 N–H and O–H groups in total. The van der Waals surface area contributed by atoms with Gasteiger partial charge in [0.1, 0.15) is 24.4 Å². The van der Waals surface area contributed by atoms with Crippen molar-refractivity contribution in [2.24, 2.45) is 5.92 Å². The number of piperazine rings is 1. The van der Waals surface area contributed by atoms with Crippen LogP contribution in [0.25, 0.3) is 0 Å². The minimum Gasteiger partial charge on any atom is -0.462 e. The Labute approximate surface area is 248 Å². The maximum atomic E-state index is 14.0. The molecule has 9 nitrogen and oxygen atoms in total. The van der Waals surface area contributed by atoms with E-state index in [-0.39, 0.29) is 23.9 Å². The number of likely N-dealkylation sites (tertiary alicyclic amines) is 1. The molecule has 3 fully saturated rings. The highest BCUT2D eigenvalue weighted by Crippen LogP contribution is 2.48. The summed E-state index contributed by atoms with van der Waals surface area (Å²) >= 11 is 0. The molecule has 2 saturated heterocycles. The quantitative estimate of drug-likeness (QED) is 0.496. The van der Waals surface area contributed by atoms with Gasteiger partial charge in [0.25, 0.3) is 0 Å². The van der Waals surface area contributed by atoms with Crippen molar-refractivity contribution in [1.82, 2.24) is 24.8 Å². The lowest BCUT2D eigenvalue weighted by Crippen LogP contribution is -2.54. The third kappa shape index (κ3) is 5.57. The van der Waals surface area contributed by atoms with Gasteiger partial charge in [-0.1, -0.05) is 13.5 Å². The first-order valence-electron chi connectivity index (χ1n) is 15.4. The summed E-state index contributed by atoms with van der Waals surface area (Å²) in [5, 5.41) is 0. The number of ether oxygens (including phenoxy) is 1. The van der Waals surface area contributed by atoms with Gasteiger partial charge in [-0.2, -0.15) is 9.97 Å². The number of hydrogen-bond donors (Lipinski definition) is 1. The van der Waals surface area contributed by atoms with Gasteiger partial charge in [0, 0.05) is 49.7 Å². The van der Waals surface area contributed by atoms with Gasteiger partial charge in [0.15, 0.2) is 0 Å². The molecule has 4 heterocycles. The molecular weight excluding hydrogens is 533 g/mol. The molecule has 2 aliphatic carbocycles. The standard InChI is InChI=1S/C32H44FN7O2/c1-6-28(41)39-9-10-40(20(4)15-39)31-25-11-18(2)24(30-29(21-7-8-21)19(3)12-27(34)36-30)14-26(25)35-32(37-31)42-17-23-13-22(33)16-38(23)5/h6,12,18,20-24H,1,7-11,13-17H2,2-5H3,(H2,34,36)/t18-,20?,22-,23+,24-/m1/s1. The van der Waals surface area contributed by atoms with Crippen molar-refractivity contribution in [2.75, 3.05) is 50.5 Å². The normalized spacial score (nSPS) is 28.1. The molecule has 1 unspecified atom stereocenters. The maximum Gasteiger partial charge on any atom is 0.318 e. The third-order valence-corrected chi connectivity index (χ3v) is 9.76. The number of rotatable bonds is 7. The Morgan fingerprint density at radius 3 is 2.64 bits per heavy atom. The molecule has 2 aliphatic heterocycles. The molecule has 42 heavy (non-hydrogen) atoms. The first-order valence-corrected chi connectivity index (χ1v) is 15.4. The van der Waals surface area contributed by atoms with Crippen molar-refractivity contribution < 1.29 is 13.9 Å². The summed E-state index contributed by atoms with van der Waals surface area (Å²) in [5.74, 6) is 2.50. The van der Waals surface area contributed by atoms with Gasteiger partial charge < -0.3 is 20.3 Å². The summed E-state index contributed by atoms with van der Waals surface area (Å²) in [7, 11) is 1.93. The minimum absolute atomic E-state index is 0.0104. The number of nitrogens with two attached hydrogens (primary N) is 1. The number of pyridine rings is 1. The smallest absolute Gasteiger partial charge is 0.318 e. The lowest BCUT2D eigenvalue weighted by molar-refractivity contribution is -0.126. The average molecular weight is 578 g/mol. The van der Waals surface area contributed by atoms with Crippen LogP contribution in [0.5, 0.6) is 6.01 Å². The van der Waals surface area contributed by atoms with Crippen LogP contribution in [0.3, 0.4) is 0 Å². The Bertz CT molecular complexity index is 1360. The fraction of sp³-hybridized carbons (Fsp3) is 0.625. The molecule has 0 bridgehead atoms. The largest absolute Gasteiger partial charge is 0.462 e. The number of amides is 1. The van der Waals surface area contributed by atoms with E-state index in [0.29, 0.717) is 62.9 Å². The number of carbonyl (C=O) groups is 1. The summed E-state index contributed by atoms with van der Waals surface area (Å²) in [6.45, 7) is 12.9. The topological polar surface area (TPSA) is 101 Å². The van der Waals surface area contributed by atoms with Crippen molar-refractivity contribution in [3.63, 3.8) is 0 Å². The van der Waals surface area contributed by atoms with Gasteiger partial charge in [-0.25, -0.2) is 9.37 Å². The first kappa shape index (κ1) is 28.8. The van der Waals surface area contributed by atoms with Gasteiger partial charge in [0.2, 0.25) is 5.91 Å². The van der Waals surface area contributed by atoms with Crippen LogP contribution in [0.15, 0.2) is 18.7 Å². The van der Waals surface area contributed by atoms with Crippen LogP contribution in [0, 0.1) is 12.8 Å². The van der Waals surface area contributed by atoms with Crippen LogP contribution in [0.4, 0.5) is 16.0 Å². The number of nitrogens with zero attached hydrogens (tertiary/aromatic N) is 6. The number of likely N-dealkylation sites (N-methyl/N-ethyl adjacent to an activating group) is 1. The van der Waals surface area contributed by atoms with Gasteiger partial charge in [0.05, 0.1) is 11.4 Å². The molecule has 6 rings (SSSR count). The molecule has 2 aromatic rings. The number of alkyl halides is 1. The van der Waals surface area contributed by atoms with Crippen LogP contribution in [-0.2, 0) is 17.6 Å². The predicted molar refractivity (Wildman–Crippen MR) is 162 cm³/mol. The van der Waals surface area contributed by atoms with Crippen LogP contribution < -0.4 is 15.4 Å². The van der Waals surface area contributed by atoms with Crippen LogP contribution >= 0.6 is 0 Å². The van der Waals surface area contributed by atoms with E-state index in [1.54, 1.807) is 0 Å². The summed E-state index contributed by atoms with van der Waals surface area (Å²) in [6.07, 6.45) is 4.96. The van der Waals surface area contributed by atoms with Gasteiger partial charge >= 0.3 is 6.01 Å². The second-order valence-electron chi connectivity index (χ2n) is 13.0. The Hall–Kier alpha value is -3.27. The third-order valence-electron chi connectivity index (χ3n) is 9.76. The van der Waals surface area contributed by atoms with Crippen molar-refractivity contribution in [2.45, 2.75) is 83.0 Å². The van der Waals surface area contributed by atoms with E-state index < -0.39 is 6.17 Å². The molecule has 0 radical (unpaired) electrons. The zero-order valence-electron chi connectivity index (χ0n) is 25.4. The van der Waals surface area contributed by atoms with E-state index in [1.165, 1.54) is 30.0 Å². The van der Waals surface area contributed by atoms with Crippen molar-refractivity contribution in [3.05, 3.63) is 46.8 Å². The highest BCUT2D eigenvalue weighted by atomic mass is 19.1. The molecule has 2 aromatic heterocycles. The van der Waals surface area contributed by atoms with Crippen molar-refractivity contribution in [1.29, 1.82) is 0 Å². The Morgan fingerprint density at radius 2 is 1.98 bits per heavy atom. The molecule has 226 valence electrons. The van der Waals surface area contributed by atoms with E-state index in [1.807, 2.05) is 22.9 Å². The molecular formula is C32H44FN7O2. The summed E-state index contributed by atoms with van der Waals surface area (Å²) in [6, 6.07) is 2.40. The van der Waals surface area contributed by atoms with Gasteiger partial charge in [-0.15, -0.1) is 0 Å². The van der Waals surface area contributed by atoms with Crippen LogP contribution in [0.2, 0.25) is 0 Å². The zero-order chi connectivity index (χ0) is 29.7. The predicted octanol–water partition coefficient (Wildman–Crippen LogP) is 3.80. The van der Waals surface area contributed by atoms with Gasteiger partial charge in [-0.05, 0) is 88.1 Å². The van der Waals surface area contributed by atoms with Crippen LogP contribution in [0.1, 0.15) is 73.0 Å². The Morgan fingerprint density at radius 1 is 1.19 bits per heavy atom. The minimum atomic E-state index is -0.837. The lowest BCUT2D eigenvalue weighted by Gasteiger charge is -2.42. The summed E-state index contributed by atoms with van der Waals surface area (Å²) in [5.41, 5.74) is 12.2. The Balaban J connectivity index is 1.35. The monoisotopic (exact) mass is 577 g/mol. The van der Waals surface area contributed by atoms with E-state index in [2.05, 4.69) is 32.3 Å². The molecule has 0 aromatic carbocycles. The number of anilines is 2. The number of aryl methyl sites for hydroxylation is 1. The zero-order valence-corrected chi connectivity index (χ0v) is 25.4. The summed E-state index contributed by atoms with van der Waals surface area (Å²) < 4.78 is 20.3. The maximum absolute atomic E-state index is 14.0. The SMILES string of the molecule is C=CC(=O)N1CCN(c2nc(OC[C@@H]3C[C@@H](F)CN3C)nc3c2C[C@@H](C)[C@H](c2nc(N)cc(C)c2C2CC2)C3)C(C)C1. The average Bonchev–Trinajstić information content (AvgIpc) is 3.73. The van der Waals surface area contributed by atoms with Crippen LogP contribution in [-0.4, -0.2) is 88.7 Å². The lowest BCUT2D eigenvalue weighted by atomic mass is 9.75. The molecule has 1 saturated carbocycles.